The summed E-state index contributed by atoms with van der Waals surface area (Å²) in [5.74, 6) is -0.833. The maximum atomic E-state index is 13.3. The van der Waals surface area contributed by atoms with E-state index in [0.29, 0.717) is 5.56 Å². The van der Waals surface area contributed by atoms with Crippen LogP contribution in [0.15, 0.2) is 51.6 Å². The van der Waals surface area contributed by atoms with Crippen molar-refractivity contribution in [1.82, 2.24) is 10.1 Å². The van der Waals surface area contributed by atoms with Gasteiger partial charge in [-0.2, -0.15) is 18.2 Å². The van der Waals surface area contributed by atoms with Crippen molar-refractivity contribution in [2.45, 2.75) is 25.1 Å². The highest BCUT2D eigenvalue weighted by Crippen LogP contribution is 2.41. The largest absolute Gasteiger partial charge is 0.466 e. The molecule has 0 bridgehead atoms. The van der Waals surface area contributed by atoms with Crippen LogP contribution in [-0.4, -0.2) is 21.4 Å². The predicted molar refractivity (Wildman–Crippen MR) is 76.8 cm³/mol. The Balaban J connectivity index is 1.91. The van der Waals surface area contributed by atoms with Crippen molar-refractivity contribution in [2.75, 3.05) is 0 Å². The first-order chi connectivity index (χ1) is 11.3. The Labute approximate surface area is 134 Å². The van der Waals surface area contributed by atoms with Gasteiger partial charge >= 0.3 is 6.18 Å². The maximum Gasteiger partial charge on any atom is 0.425 e. The second kappa shape index (κ2) is 5.79. The Morgan fingerprint density at radius 1 is 1.12 bits per heavy atom. The molecule has 0 fully saturated rings. The van der Waals surface area contributed by atoms with E-state index in [0.717, 1.165) is 17.9 Å². The molecule has 0 saturated carbocycles. The van der Waals surface area contributed by atoms with Gasteiger partial charge in [-0.05, 0) is 19.1 Å². The van der Waals surface area contributed by atoms with Crippen LogP contribution in [0.1, 0.15) is 17.2 Å². The third kappa shape index (κ3) is 2.92. The van der Waals surface area contributed by atoms with Gasteiger partial charge in [-0.3, -0.25) is 0 Å². The summed E-state index contributed by atoms with van der Waals surface area (Å²) in [6.45, 7) is 1.90. The van der Waals surface area contributed by atoms with Crippen LogP contribution < -0.4 is 0 Å². The lowest BCUT2D eigenvalue weighted by Gasteiger charge is -2.26. The van der Waals surface area contributed by atoms with Crippen molar-refractivity contribution < 1.29 is 27.2 Å². The number of benzene rings is 1. The van der Waals surface area contributed by atoms with Gasteiger partial charge in [0.15, 0.2) is 0 Å². The van der Waals surface area contributed by atoms with E-state index in [-0.39, 0.29) is 11.7 Å². The fourth-order valence-electron chi connectivity index (χ4n) is 2.21. The van der Waals surface area contributed by atoms with Gasteiger partial charge in [-0.1, -0.05) is 35.0 Å². The quantitative estimate of drug-likeness (QED) is 0.786. The molecule has 1 aromatic carbocycles. The third-order valence-electron chi connectivity index (χ3n) is 3.58. The number of hydrogen-bond acceptors (Lipinski definition) is 5. The number of furan rings is 1. The minimum Gasteiger partial charge on any atom is -0.466 e. The molecule has 2 aromatic heterocycles. The summed E-state index contributed by atoms with van der Waals surface area (Å²) < 4.78 is 49.6. The van der Waals surface area contributed by atoms with E-state index < -0.39 is 24.0 Å². The first-order valence-electron chi connectivity index (χ1n) is 7.02. The number of rotatable bonds is 4. The zero-order chi connectivity index (χ0) is 17.4. The van der Waals surface area contributed by atoms with Crippen molar-refractivity contribution in [3.05, 3.63) is 59.9 Å². The first kappa shape index (κ1) is 16.3. The number of nitrogens with zero attached hydrogens (tertiary/aromatic N) is 2. The van der Waals surface area contributed by atoms with Crippen LogP contribution in [0.4, 0.5) is 13.2 Å². The van der Waals surface area contributed by atoms with Crippen LogP contribution in [0.5, 0.6) is 0 Å². The molecule has 0 aliphatic rings. The maximum absolute atomic E-state index is 13.3. The molecular formula is C16H13F3N2O3. The third-order valence-corrected chi connectivity index (χ3v) is 3.58. The van der Waals surface area contributed by atoms with Crippen LogP contribution >= 0.6 is 0 Å². The lowest BCUT2D eigenvalue weighted by molar-refractivity contribution is -0.273. The van der Waals surface area contributed by atoms with Crippen LogP contribution in [0.2, 0.25) is 0 Å². The molecule has 3 rings (SSSR count). The molecule has 3 aromatic rings. The topological polar surface area (TPSA) is 72.3 Å². The molecule has 1 N–H and O–H groups in total. The highest BCUT2D eigenvalue weighted by Gasteiger charge is 2.58. The molecule has 0 spiro atoms. The minimum atomic E-state index is -4.97. The van der Waals surface area contributed by atoms with Gasteiger partial charge in [0.2, 0.25) is 17.3 Å². The number of aromatic nitrogens is 2. The van der Waals surface area contributed by atoms with Gasteiger partial charge in [0.25, 0.3) is 0 Å². The summed E-state index contributed by atoms with van der Waals surface area (Å²) in [6, 6.07) is 9.40. The van der Waals surface area contributed by atoms with Gasteiger partial charge < -0.3 is 14.0 Å². The number of halogens is 3. The summed E-state index contributed by atoms with van der Waals surface area (Å²) in [6.07, 6.45) is -4.86. The van der Waals surface area contributed by atoms with Crippen molar-refractivity contribution in [2.24, 2.45) is 0 Å². The Kier molecular flexibility index (Phi) is 3.92. The summed E-state index contributed by atoms with van der Waals surface area (Å²) in [4.78, 5) is 3.94. The highest BCUT2D eigenvalue weighted by atomic mass is 19.4. The van der Waals surface area contributed by atoms with Crippen molar-refractivity contribution in [3.8, 4) is 11.4 Å². The smallest absolute Gasteiger partial charge is 0.425 e. The number of aryl methyl sites for hydroxylation is 1. The van der Waals surface area contributed by atoms with E-state index >= 15 is 0 Å². The van der Waals surface area contributed by atoms with Crippen LogP contribution in [0, 0.1) is 6.92 Å². The second-order valence-corrected chi connectivity index (χ2v) is 5.39. The average Bonchev–Trinajstić information content (AvgIpc) is 3.18. The fraction of sp³-hybridized carbons (Fsp3) is 0.250. The Morgan fingerprint density at radius 3 is 2.42 bits per heavy atom. The van der Waals surface area contributed by atoms with Crippen molar-refractivity contribution >= 4 is 0 Å². The van der Waals surface area contributed by atoms with E-state index in [1.165, 1.54) is 6.07 Å². The summed E-state index contributed by atoms with van der Waals surface area (Å²) >= 11 is 0. The molecule has 2 heterocycles. The van der Waals surface area contributed by atoms with E-state index in [1.807, 2.05) is 19.1 Å². The number of alkyl halides is 3. The van der Waals surface area contributed by atoms with Crippen LogP contribution in [0.25, 0.3) is 11.4 Å². The molecule has 1 unspecified atom stereocenters. The van der Waals surface area contributed by atoms with Crippen LogP contribution in [0.3, 0.4) is 0 Å². The van der Waals surface area contributed by atoms with Crippen molar-refractivity contribution in [3.63, 3.8) is 0 Å². The standard InChI is InChI=1S/C16H13F3N2O3/c1-10-4-6-11(7-5-10)14-20-13(24-21-14)9-15(22,16(17,18)19)12-3-2-8-23-12/h2-8,22H,9H2,1H3. The Hall–Kier alpha value is -2.61. The molecule has 0 aliphatic heterocycles. The molecule has 0 amide bonds. The Bertz CT molecular complexity index is 810. The van der Waals surface area contributed by atoms with Gasteiger partial charge in [0, 0.05) is 5.56 Å². The lowest BCUT2D eigenvalue weighted by atomic mass is 9.95. The molecule has 126 valence electrons. The van der Waals surface area contributed by atoms with E-state index in [9.17, 15) is 18.3 Å². The summed E-state index contributed by atoms with van der Waals surface area (Å²) in [5, 5.41) is 13.8. The molecule has 0 radical (unpaired) electrons. The number of aliphatic hydroxyl groups is 1. The molecule has 5 nitrogen and oxygen atoms in total. The van der Waals surface area contributed by atoms with E-state index in [1.54, 1.807) is 12.1 Å². The molecule has 0 aliphatic carbocycles. The fourth-order valence-corrected chi connectivity index (χ4v) is 2.21. The Morgan fingerprint density at radius 2 is 1.83 bits per heavy atom. The van der Waals surface area contributed by atoms with Crippen molar-refractivity contribution in [1.29, 1.82) is 0 Å². The lowest BCUT2D eigenvalue weighted by Crippen LogP contribution is -2.44. The molecule has 0 saturated heterocycles. The van der Waals surface area contributed by atoms with E-state index in [2.05, 4.69) is 10.1 Å². The molecular weight excluding hydrogens is 325 g/mol. The zero-order valence-corrected chi connectivity index (χ0v) is 12.5. The summed E-state index contributed by atoms with van der Waals surface area (Å²) in [5.41, 5.74) is -1.62. The minimum absolute atomic E-state index is 0.147. The highest BCUT2D eigenvalue weighted by molar-refractivity contribution is 5.54. The van der Waals surface area contributed by atoms with E-state index in [4.69, 9.17) is 8.94 Å². The monoisotopic (exact) mass is 338 g/mol. The molecule has 8 heteroatoms. The first-order valence-corrected chi connectivity index (χ1v) is 7.02. The molecule has 1 atom stereocenters. The van der Waals surface area contributed by atoms with Gasteiger partial charge in [-0.15, -0.1) is 0 Å². The predicted octanol–water partition coefficient (Wildman–Crippen LogP) is 3.63. The number of hydrogen-bond donors (Lipinski definition) is 1. The SMILES string of the molecule is Cc1ccc(-c2noc(CC(O)(c3ccco3)C(F)(F)F)n2)cc1. The average molecular weight is 338 g/mol. The molecule has 24 heavy (non-hydrogen) atoms. The zero-order valence-electron chi connectivity index (χ0n) is 12.5. The van der Waals surface area contributed by atoms with Gasteiger partial charge in [0.1, 0.15) is 5.76 Å². The normalized spacial score (nSPS) is 14.5. The second-order valence-electron chi connectivity index (χ2n) is 5.39. The summed E-state index contributed by atoms with van der Waals surface area (Å²) in [7, 11) is 0. The van der Waals surface area contributed by atoms with Crippen LogP contribution in [-0.2, 0) is 12.0 Å². The van der Waals surface area contributed by atoms with Gasteiger partial charge in [-0.25, -0.2) is 0 Å². The van der Waals surface area contributed by atoms with Gasteiger partial charge in [0.05, 0.1) is 12.7 Å².